The largest absolute Gasteiger partial charge is 0.740 e. The first-order chi connectivity index (χ1) is 7.33. The summed E-state index contributed by atoms with van der Waals surface area (Å²) in [5.74, 6) is 0.863. The summed E-state index contributed by atoms with van der Waals surface area (Å²) in [6, 6.07) is 10.0. The van der Waals surface area contributed by atoms with Gasteiger partial charge in [0.05, 0.1) is 0 Å². The standard InChI is InChI=1S/C11H13N3S/c1-2-8-14-10(12-13-11(14)15)9-6-4-3-5-7-9/h3-7H,2,8H2,1H3,(H,13,15)/p-1. The Labute approximate surface area is 94.6 Å². The second kappa shape index (κ2) is 4.40. The van der Waals surface area contributed by atoms with Crippen molar-refractivity contribution < 1.29 is 0 Å². The SMILES string of the molecule is CCCn1c([S-])nnc1-c1ccccc1. The van der Waals surface area contributed by atoms with Crippen molar-refractivity contribution >= 4 is 12.6 Å². The van der Waals surface area contributed by atoms with E-state index in [4.69, 9.17) is 12.6 Å². The Hall–Kier alpha value is -1.42. The minimum absolute atomic E-state index is 0.565. The van der Waals surface area contributed by atoms with Gasteiger partial charge in [-0.25, -0.2) is 0 Å². The number of hydrogen-bond donors (Lipinski definition) is 0. The number of benzene rings is 1. The summed E-state index contributed by atoms with van der Waals surface area (Å²) in [5, 5.41) is 8.62. The lowest BCUT2D eigenvalue weighted by Crippen LogP contribution is -2.01. The van der Waals surface area contributed by atoms with Gasteiger partial charge in [-0.15, -0.1) is 5.10 Å². The zero-order chi connectivity index (χ0) is 10.7. The van der Waals surface area contributed by atoms with Gasteiger partial charge in [0.15, 0.2) is 5.82 Å². The molecule has 0 aliphatic carbocycles. The highest BCUT2D eigenvalue weighted by Crippen LogP contribution is 2.17. The van der Waals surface area contributed by atoms with Crippen molar-refractivity contribution in [2.24, 2.45) is 0 Å². The number of nitrogens with zero attached hydrogens (tertiary/aromatic N) is 3. The van der Waals surface area contributed by atoms with Crippen LogP contribution in [0.5, 0.6) is 0 Å². The maximum atomic E-state index is 5.13. The number of aromatic nitrogens is 3. The minimum atomic E-state index is 0.565. The third kappa shape index (κ3) is 1.99. The minimum Gasteiger partial charge on any atom is -0.740 e. The Kier molecular flexibility index (Phi) is 2.97. The van der Waals surface area contributed by atoms with Crippen molar-refractivity contribution in [1.82, 2.24) is 14.8 Å². The van der Waals surface area contributed by atoms with E-state index in [9.17, 15) is 0 Å². The van der Waals surface area contributed by atoms with Gasteiger partial charge >= 0.3 is 0 Å². The number of rotatable bonds is 3. The van der Waals surface area contributed by atoms with E-state index in [-0.39, 0.29) is 0 Å². The van der Waals surface area contributed by atoms with Gasteiger partial charge in [0.25, 0.3) is 0 Å². The predicted molar refractivity (Wildman–Crippen MR) is 61.4 cm³/mol. The topological polar surface area (TPSA) is 30.7 Å². The zero-order valence-corrected chi connectivity index (χ0v) is 9.37. The van der Waals surface area contributed by atoms with E-state index in [0.29, 0.717) is 5.16 Å². The van der Waals surface area contributed by atoms with E-state index < -0.39 is 0 Å². The highest BCUT2D eigenvalue weighted by atomic mass is 32.1. The molecule has 2 rings (SSSR count). The fourth-order valence-electron chi connectivity index (χ4n) is 1.51. The summed E-state index contributed by atoms with van der Waals surface area (Å²) in [4.78, 5) is 0. The zero-order valence-electron chi connectivity index (χ0n) is 8.55. The molecule has 0 atom stereocenters. The molecule has 1 heterocycles. The van der Waals surface area contributed by atoms with Crippen LogP contribution in [0.15, 0.2) is 35.5 Å². The van der Waals surface area contributed by atoms with E-state index in [1.165, 1.54) is 0 Å². The Morgan fingerprint density at radius 3 is 2.60 bits per heavy atom. The summed E-state index contributed by atoms with van der Waals surface area (Å²) in [5.41, 5.74) is 1.06. The molecule has 0 N–H and O–H groups in total. The van der Waals surface area contributed by atoms with Gasteiger partial charge < -0.3 is 17.2 Å². The summed E-state index contributed by atoms with van der Waals surface area (Å²) >= 11 is 5.13. The molecule has 0 bridgehead atoms. The van der Waals surface area contributed by atoms with Crippen LogP contribution in [0.3, 0.4) is 0 Å². The second-order valence-electron chi connectivity index (χ2n) is 3.32. The third-order valence-electron chi connectivity index (χ3n) is 2.20. The smallest absolute Gasteiger partial charge is 0.162 e. The van der Waals surface area contributed by atoms with E-state index in [2.05, 4.69) is 17.1 Å². The fourth-order valence-corrected chi connectivity index (χ4v) is 1.73. The normalized spacial score (nSPS) is 10.5. The molecule has 0 aliphatic heterocycles. The molecule has 2 aromatic rings. The van der Waals surface area contributed by atoms with Crippen molar-refractivity contribution in [3.8, 4) is 11.4 Å². The van der Waals surface area contributed by atoms with Gasteiger partial charge in [-0.05, 0) is 6.42 Å². The lowest BCUT2D eigenvalue weighted by Gasteiger charge is -2.11. The maximum absolute atomic E-state index is 5.13. The summed E-state index contributed by atoms with van der Waals surface area (Å²) in [6.07, 6.45) is 1.03. The lowest BCUT2D eigenvalue weighted by atomic mass is 10.2. The van der Waals surface area contributed by atoms with Gasteiger partial charge in [0, 0.05) is 17.3 Å². The summed E-state index contributed by atoms with van der Waals surface area (Å²) < 4.78 is 1.98. The molecule has 3 nitrogen and oxygen atoms in total. The third-order valence-corrected chi connectivity index (χ3v) is 2.50. The van der Waals surface area contributed by atoms with E-state index in [0.717, 1.165) is 24.4 Å². The highest BCUT2D eigenvalue weighted by molar-refractivity contribution is 7.58. The Balaban J connectivity index is 2.44. The quantitative estimate of drug-likeness (QED) is 0.740. The molecule has 1 aromatic heterocycles. The van der Waals surface area contributed by atoms with E-state index in [1.54, 1.807) is 0 Å². The van der Waals surface area contributed by atoms with Gasteiger partial charge in [-0.1, -0.05) is 37.3 Å². The molecular weight excluding hydrogens is 206 g/mol. The molecule has 0 fully saturated rings. The summed E-state index contributed by atoms with van der Waals surface area (Å²) in [7, 11) is 0. The molecule has 0 saturated carbocycles. The molecule has 78 valence electrons. The molecule has 4 heteroatoms. The van der Waals surface area contributed by atoms with Crippen LogP contribution in [0.4, 0.5) is 0 Å². The molecule has 0 spiro atoms. The van der Waals surface area contributed by atoms with Gasteiger partial charge in [-0.2, -0.15) is 5.10 Å². The molecule has 0 saturated heterocycles. The fraction of sp³-hybridized carbons (Fsp3) is 0.273. The van der Waals surface area contributed by atoms with Crippen LogP contribution in [0.25, 0.3) is 11.4 Å². The lowest BCUT2D eigenvalue weighted by molar-refractivity contribution is 0.627. The van der Waals surface area contributed by atoms with Crippen LogP contribution < -0.4 is 0 Å². The van der Waals surface area contributed by atoms with Crippen LogP contribution in [0.2, 0.25) is 0 Å². The monoisotopic (exact) mass is 218 g/mol. The number of hydrogen-bond acceptors (Lipinski definition) is 3. The van der Waals surface area contributed by atoms with Crippen LogP contribution in [-0.2, 0) is 19.2 Å². The van der Waals surface area contributed by atoms with Crippen molar-refractivity contribution in [2.45, 2.75) is 25.0 Å². The van der Waals surface area contributed by atoms with E-state index >= 15 is 0 Å². The predicted octanol–water partition coefficient (Wildman–Crippen LogP) is 2.26. The Morgan fingerprint density at radius 2 is 1.93 bits per heavy atom. The molecular formula is C11H12N3S-. The highest BCUT2D eigenvalue weighted by Gasteiger charge is 2.05. The molecule has 15 heavy (non-hydrogen) atoms. The average molecular weight is 218 g/mol. The van der Waals surface area contributed by atoms with E-state index in [1.807, 2.05) is 34.9 Å². The van der Waals surface area contributed by atoms with Crippen molar-refractivity contribution in [2.75, 3.05) is 0 Å². The van der Waals surface area contributed by atoms with Crippen LogP contribution in [0.1, 0.15) is 13.3 Å². The first kappa shape index (κ1) is 10.1. The molecule has 0 unspecified atom stereocenters. The molecule has 0 radical (unpaired) electrons. The molecule has 0 amide bonds. The maximum Gasteiger partial charge on any atom is 0.162 e. The average Bonchev–Trinajstić information content (AvgIpc) is 2.63. The molecule has 0 aliphatic rings. The molecule has 1 aromatic carbocycles. The van der Waals surface area contributed by atoms with Crippen LogP contribution in [-0.4, -0.2) is 14.8 Å². The Morgan fingerprint density at radius 1 is 1.20 bits per heavy atom. The van der Waals surface area contributed by atoms with Gasteiger partial charge in [0.1, 0.15) is 0 Å². The van der Waals surface area contributed by atoms with Gasteiger partial charge in [0.2, 0.25) is 0 Å². The van der Waals surface area contributed by atoms with Crippen LogP contribution >= 0.6 is 0 Å². The summed E-state index contributed by atoms with van der Waals surface area (Å²) in [6.45, 7) is 2.99. The van der Waals surface area contributed by atoms with Crippen LogP contribution in [0, 0.1) is 0 Å². The van der Waals surface area contributed by atoms with Crippen molar-refractivity contribution in [3.05, 3.63) is 30.3 Å². The van der Waals surface area contributed by atoms with Crippen molar-refractivity contribution in [3.63, 3.8) is 0 Å². The second-order valence-corrected chi connectivity index (χ2v) is 3.69. The first-order valence-electron chi connectivity index (χ1n) is 4.98. The Bertz CT molecular complexity index is 436. The first-order valence-corrected chi connectivity index (χ1v) is 5.39. The van der Waals surface area contributed by atoms with Crippen molar-refractivity contribution in [1.29, 1.82) is 0 Å². The van der Waals surface area contributed by atoms with Gasteiger partial charge in [-0.3, -0.25) is 0 Å².